The highest BCUT2D eigenvalue weighted by atomic mass is 19.1. The highest BCUT2D eigenvalue weighted by Gasteiger charge is 2.17. The highest BCUT2D eigenvalue weighted by molar-refractivity contribution is 5.77. The van der Waals surface area contributed by atoms with E-state index in [1.807, 2.05) is 30.3 Å². The van der Waals surface area contributed by atoms with Gasteiger partial charge in [0, 0.05) is 31.9 Å². The molecule has 5 heteroatoms. The van der Waals surface area contributed by atoms with E-state index in [0.29, 0.717) is 0 Å². The number of hydrogen-bond acceptors (Lipinski definition) is 3. The van der Waals surface area contributed by atoms with Crippen molar-refractivity contribution in [2.24, 2.45) is 0 Å². The Balaban J connectivity index is 1.51. The summed E-state index contributed by atoms with van der Waals surface area (Å²) in [4.78, 5) is 12.7. The Morgan fingerprint density at radius 1 is 0.870 bits per heavy atom. The lowest BCUT2D eigenvalue weighted by Crippen LogP contribution is -2.31. The van der Waals surface area contributed by atoms with Crippen LogP contribution in [0.1, 0.15) is 6.42 Å². The molecule has 1 aromatic heterocycles. The number of aromatic amines is 1. The van der Waals surface area contributed by atoms with E-state index in [9.17, 15) is 4.39 Å². The summed E-state index contributed by atoms with van der Waals surface area (Å²) in [5.74, 6) is 0.750. The maximum atomic E-state index is 13.1. The number of aromatic nitrogens is 2. The predicted octanol–water partition coefficient (Wildman–Crippen LogP) is 3.42. The zero-order valence-corrected chi connectivity index (χ0v) is 12.9. The van der Waals surface area contributed by atoms with Crippen LogP contribution in [0.4, 0.5) is 16.0 Å². The van der Waals surface area contributed by atoms with Crippen LogP contribution in [-0.2, 0) is 0 Å². The molecule has 2 heterocycles. The Hall–Kier alpha value is -2.56. The van der Waals surface area contributed by atoms with Gasteiger partial charge in [0.2, 0.25) is 5.95 Å². The van der Waals surface area contributed by atoms with E-state index in [2.05, 4.69) is 25.8 Å². The first kappa shape index (κ1) is 14.1. The van der Waals surface area contributed by atoms with Gasteiger partial charge in [-0.3, -0.25) is 0 Å². The standard InChI is InChI=1S/C18H19FN4/c19-14-6-8-15(9-7-14)22-10-3-11-23(13-12-22)18-20-16-4-1-2-5-17(16)21-18/h1-2,4-9H,3,10-13H2,(H,20,21). The van der Waals surface area contributed by atoms with E-state index in [-0.39, 0.29) is 5.82 Å². The fraction of sp³-hybridized carbons (Fsp3) is 0.278. The van der Waals surface area contributed by atoms with E-state index in [1.54, 1.807) is 0 Å². The molecule has 4 nitrogen and oxygen atoms in total. The van der Waals surface area contributed by atoms with Crippen molar-refractivity contribution in [2.45, 2.75) is 6.42 Å². The topological polar surface area (TPSA) is 35.2 Å². The molecule has 3 aromatic rings. The summed E-state index contributed by atoms with van der Waals surface area (Å²) in [6, 6.07) is 14.9. The predicted molar refractivity (Wildman–Crippen MR) is 91.5 cm³/mol. The normalized spacial score (nSPS) is 15.9. The van der Waals surface area contributed by atoms with Crippen molar-refractivity contribution in [1.29, 1.82) is 0 Å². The molecule has 0 atom stereocenters. The van der Waals surface area contributed by atoms with Crippen molar-refractivity contribution in [2.75, 3.05) is 36.0 Å². The first-order valence-electron chi connectivity index (χ1n) is 8.00. The molecule has 0 spiro atoms. The number of H-pyrrole nitrogens is 1. The van der Waals surface area contributed by atoms with E-state index in [0.717, 1.165) is 55.3 Å². The van der Waals surface area contributed by atoms with Crippen molar-refractivity contribution in [3.63, 3.8) is 0 Å². The molecule has 0 saturated carbocycles. The smallest absolute Gasteiger partial charge is 0.203 e. The van der Waals surface area contributed by atoms with Gasteiger partial charge >= 0.3 is 0 Å². The Morgan fingerprint density at radius 3 is 2.43 bits per heavy atom. The summed E-state index contributed by atoms with van der Waals surface area (Å²) in [5.41, 5.74) is 3.15. The van der Waals surface area contributed by atoms with Crippen LogP contribution in [0.3, 0.4) is 0 Å². The minimum Gasteiger partial charge on any atom is -0.370 e. The molecule has 1 fully saturated rings. The SMILES string of the molecule is Fc1ccc(N2CCCN(c3nc4ccccc4[nH]3)CC2)cc1. The van der Waals surface area contributed by atoms with Gasteiger partial charge in [0.25, 0.3) is 0 Å². The molecular weight excluding hydrogens is 291 g/mol. The van der Waals surface area contributed by atoms with E-state index in [1.165, 1.54) is 12.1 Å². The molecule has 0 bridgehead atoms. The largest absolute Gasteiger partial charge is 0.370 e. The number of halogens is 1. The maximum Gasteiger partial charge on any atom is 0.203 e. The molecule has 1 aliphatic rings. The van der Waals surface area contributed by atoms with Crippen LogP contribution in [0.5, 0.6) is 0 Å². The van der Waals surface area contributed by atoms with Gasteiger partial charge < -0.3 is 14.8 Å². The van der Waals surface area contributed by atoms with Gasteiger partial charge in [-0.1, -0.05) is 12.1 Å². The summed E-state index contributed by atoms with van der Waals surface area (Å²) in [7, 11) is 0. The molecule has 0 unspecified atom stereocenters. The van der Waals surface area contributed by atoms with Gasteiger partial charge in [-0.25, -0.2) is 9.37 Å². The lowest BCUT2D eigenvalue weighted by Gasteiger charge is -2.23. The fourth-order valence-electron chi connectivity index (χ4n) is 3.13. The summed E-state index contributed by atoms with van der Waals surface area (Å²) < 4.78 is 13.1. The number of fused-ring (bicyclic) bond motifs is 1. The van der Waals surface area contributed by atoms with Crippen LogP contribution in [-0.4, -0.2) is 36.1 Å². The van der Waals surface area contributed by atoms with Crippen LogP contribution < -0.4 is 9.80 Å². The molecule has 0 radical (unpaired) electrons. The molecule has 0 aliphatic carbocycles. The summed E-state index contributed by atoms with van der Waals surface area (Å²) in [5, 5.41) is 0. The first-order valence-corrected chi connectivity index (χ1v) is 8.00. The van der Waals surface area contributed by atoms with E-state index >= 15 is 0 Å². The van der Waals surface area contributed by atoms with E-state index < -0.39 is 0 Å². The lowest BCUT2D eigenvalue weighted by molar-refractivity contribution is 0.627. The van der Waals surface area contributed by atoms with Crippen molar-refractivity contribution in [1.82, 2.24) is 9.97 Å². The number of imidazole rings is 1. The zero-order chi connectivity index (χ0) is 15.6. The number of anilines is 2. The van der Waals surface area contributed by atoms with Crippen LogP contribution >= 0.6 is 0 Å². The quantitative estimate of drug-likeness (QED) is 0.788. The molecule has 1 saturated heterocycles. The van der Waals surface area contributed by atoms with Crippen LogP contribution in [0.25, 0.3) is 11.0 Å². The monoisotopic (exact) mass is 310 g/mol. The van der Waals surface area contributed by atoms with Crippen LogP contribution in [0.15, 0.2) is 48.5 Å². The first-order chi connectivity index (χ1) is 11.3. The Kier molecular flexibility index (Phi) is 3.61. The molecular formula is C18H19FN4. The molecule has 0 amide bonds. The Labute approximate surface area is 134 Å². The average molecular weight is 310 g/mol. The van der Waals surface area contributed by atoms with Crippen molar-refractivity contribution in [3.8, 4) is 0 Å². The van der Waals surface area contributed by atoms with Crippen molar-refractivity contribution >= 4 is 22.7 Å². The van der Waals surface area contributed by atoms with Crippen LogP contribution in [0, 0.1) is 5.82 Å². The second-order valence-electron chi connectivity index (χ2n) is 5.88. The molecule has 1 N–H and O–H groups in total. The minimum atomic E-state index is -0.188. The van der Waals surface area contributed by atoms with Gasteiger partial charge in [0.05, 0.1) is 11.0 Å². The van der Waals surface area contributed by atoms with E-state index in [4.69, 9.17) is 0 Å². The van der Waals surface area contributed by atoms with Gasteiger partial charge in [-0.05, 0) is 42.8 Å². The third kappa shape index (κ3) is 2.86. The molecule has 1 aliphatic heterocycles. The molecule has 23 heavy (non-hydrogen) atoms. The average Bonchev–Trinajstić information content (AvgIpc) is 2.85. The van der Waals surface area contributed by atoms with Gasteiger partial charge in [0.15, 0.2) is 0 Å². The number of hydrogen-bond donors (Lipinski definition) is 1. The third-order valence-electron chi connectivity index (χ3n) is 4.36. The van der Waals surface area contributed by atoms with Gasteiger partial charge in [-0.15, -0.1) is 0 Å². The highest BCUT2D eigenvalue weighted by Crippen LogP contribution is 2.21. The van der Waals surface area contributed by atoms with Crippen molar-refractivity contribution < 1.29 is 4.39 Å². The van der Waals surface area contributed by atoms with Gasteiger partial charge in [-0.2, -0.15) is 0 Å². The third-order valence-corrected chi connectivity index (χ3v) is 4.36. The van der Waals surface area contributed by atoms with Crippen LogP contribution in [0.2, 0.25) is 0 Å². The second-order valence-corrected chi connectivity index (χ2v) is 5.88. The summed E-state index contributed by atoms with van der Waals surface area (Å²) in [6.07, 6.45) is 1.05. The lowest BCUT2D eigenvalue weighted by atomic mass is 10.2. The Bertz CT molecular complexity index is 763. The van der Waals surface area contributed by atoms with Crippen molar-refractivity contribution in [3.05, 3.63) is 54.3 Å². The minimum absolute atomic E-state index is 0.188. The molecule has 2 aromatic carbocycles. The molecule has 118 valence electrons. The molecule has 4 rings (SSSR count). The number of nitrogens with zero attached hydrogens (tertiary/aromatic N) is 3. The fourth-order valence-corrected chi connectivity index (χ4v) is 3.13. The number of nitrogens with one attached hydrogen (secondary N) is 1. The number of para-hydroxylation sites is 2. The Morgan fingerprint density at radius 2 is 1.61 bits per heavy atom. The maximum absolute atomic E-state index is 13.1. The zero-order valence-electron chi connectivity index (χ0n) is 12.9. The summed E-state index contributed by atoms with van der Waals surface area (Å²) >= 11 is 0. The van der Waals surface area contributed by atoms with Gasteiger partial charge in [0.1, 0.15) is 5.82 Å². The summed E-state index contributed by atoms with van der Waals surface area (Å²) in [6.45, 7) is 3.75. The number of rotatable bonds is 2. The number of benzene rings is 2. The second kappa shape index (κ2) is 5.91.